The van der Waals surface area contributed by atoms with Gasteiger partial charge < -0.3 is 5.73 Å². The zero-order valence-corrected chi connectivity index (χ0v) is 13.9. The first kappa shape index (κ1) is 16.9. The molecule has 0 bridgehead atoms. The molecule has 1 rings (SSSR count). The Bertz CT molecular complexity index is 624. The maximum atomic E-state index is 6.01. The van der Waals surface area contributed by atoms with Crippen LogP contribution in [0.5, 0.6) is 0 Å². The van der Waals surface area contributed by atoms with Crippen molar-refractivity contribution >= 4 is 17.2 Å². The summed E-state index contributed by atoms with van der Waals surface area (Å²) in [5.74, 6) is 0.527. The lowest BCUT2D eigenvalue weighted by Crippen LogP contribution is -2.15. The van der Waals surface area contributed by atoms with Crippen molar-refractivity contribution in [3.05, 3.63) is 52.6 Å². The quantitative estimate of drug-likeness (QED) is 0.653. The van der Waals surface area contributed by atoms with Gasteiger partial charge in [0.15, 0.2) is 0 Å². The van der Waals surface area contributed by atoms with Gasteiger partial charge in [-0.3, -0.25) is 9.98 Å². The molecule has 3 heteroatoms. The van der Waals surface area contributed by atoms with Crippen LogP contribution in [0.2, 0.25) is 0 Å². The Morgan fingerprint density at radius 3 is 2.05 bits per heavy atom. The van der Waals surface area contributed by atoms with Gasteiger partial charge in [-0.1, -0.05) is 35.4 Å². The Hall–Kier alpha value is -2.16. The van der Waals surface area contributed by atoms with E-state index in [1.54, 1.807) is 7.05 Å². The number of nitrogens with zero attached hydrogens (tertiary/aromatic N) is 2. The molecule has 0 fully saturated rings. The van der Waals surface area contributed by atoms with E-state index in [1.807, 2.05) is 31.2 Å². The van der Waals surface area contributed by atoms with Crippen molar-refractivity contribution in [2.75, 3.05) is 7.05 Å². The van der Waals surface area contributed by atoms with Crippen molar-refractivity contribution in [1.82, 2.24) is 0 Å². The Balaban J connectivity index is 3.47. The summed E-state index contributed by atoms with van der Waals surface area (Å²) in [7, 11) is 1.70. The third kappa shape index (κ3) is 4.71. The molecule has 0 amide bonds. The second-order valence-electron chi connectivity index (χ2n) is 5.48. The third-order valence-electron chi connectivity index (χ3n) is 2.96. The first-order valence-electron chi connectivity index (χ1n) is 7.06. The van der Waals surface area contributed by atoms with Gasteiger partial charge in [0.25, 0.3) is 0 Å². The first-order chi connectivity index (χ1) is 9.86. The fraction of sp³-hybridized carbons (Fsp3) is 0.333. The number of allylic oxidation sites excluding steroid dienone is 3. The molecule has 1 aromatic rings. The summed E-state index contributed by atoms with van der Waals surface area (Å²) in [6.45, 7) is 10.3. The molecule has 0 atom stereocenters. The van der Waals surface area contributed by atoms with Crippen LogP contribution in [0.1, 0.15) is 45.7 Å². The lowest BCUT2D eigenvalue weighted by molar-refractivity contribution is 1.31. The molecule has 0 saturated heterocycles. The number of aliphatic imine (C=N–C) groups is 2. The number of amidine groups is 1. The van der Waals surface area contributed by atoms with E-state index in [4.69, 9.17) is 10.7 Å². The molecular weight excluding hydrogens is 258 g/mol. The minimum Gasteiger partial charge on any atom is -0.383 e. The zero-order chi connectivity index (χ0) is 16.0. The largest absolute Gasteiger partial charge is 0.383 e. The Morgan fingerprint density at radius 1 is 1.00 bits per heavy atom. The van der Waals surface area contributed by atoms with E-state index in [0.717, 1.165) is 28.1 Å². The van der Waals surface area contributed by atoms with E-state index in [1.165, 1.54) is 5.57 Å². The lowest BCUT2D eigenvalue weighted by atomic mass is 10.0. The zero-order valence-electron chi connectivity index (χ0n) is 13.9. The molecule has 0 aliphatic heterocycles. The van der Waals surface area contributed by atoms with Crippen LogP contribution in [0.15, 0.2) is 51.5 Å². The molecule has 112 valence electrons. The highest BCUT2D eigenvalue weighted by atomic mass is 14.8. The number of benzene rings is 1. The van der Waals surface area contributed by atoms with E-state index in [2.05, 4.69) is 38.8 Å². The van der Waals surface area contributed by atoms with Crippen molar-refractivity contribution in [1.29, 1.82) is 0 Å². The van der Waals surface area contributed by atoms with Crippen LogP contribution >= 0.6 is 0 Å². The summed E-state index contributed by atoms with van der Waals surface area (Å²) in [6.07, 6.45) is 2.07. The van der Waals surface area contributed by atoms with Crippen molar-refractivity contribution in [3.8, 4) is 0 Å². The van der Waals surface area contributed by atoms with Crippen molar-refractivity contribution in [2.45, 2.75) is 34.6 Å². The normalized spacial score (nSPS) is 12.1. The average Bonchev–Trinajstić information content (AvgIpc) is 2.43. The molecule has 21 heavy (non-hydrogen) atoms. The standard InChI is InChI=1S/C18H25N3/c1-12(2)11-14(5)21-17(13(3)4)15-9-7-8-10-16(15)18(19)20-6/h7-11H,1-6H3,(H2,19,20). The minimum absolute atomic E-state index is 0.527. The molecule has 2 N–H and O–H groups in total. The smallest absolute Gasteiger partial charge is 0.126 e. The fourth-order valence-corrected chi connectivity index (χ4v) is 2.10. The predicted molar refractivity (Wildman–Crippen MR) is 93.9 cm³/mol. The predicted octanol–water partition coefficient (Wildman–Crippen LogP) is 4.20. The highest BCUT2D eigenvalue weighted by Gasteiger charge is 2.11. The molecule has 0 heterocycles. The highest BCUT2D eigenvalue weighted by Crippen LogP contribution is 2.24. The Kier molecular flexibility index (Phi) is 6.10. The van der Waals surface area contributed by atoms with Crippen molar-refractivity contribution in [3.63, 3.8) is 0 Å². The Morgan fingerprint density at radius 2 is 1.57 bits per heavy atom. The van der Waals surface area contributed by atoms with Crippen molar-refractivity contribution in [2.24, 2.45) is 15.7 Å². The van der Waals surface area contributed by atoms with Gasteiger partial charge in [-0.05, 0) is 40.7 Å². The first-order valence-corrected chi connectivity index (χ1v) is 7.06. The van der Waals surface area contributed by atoms with Crippen LogP contribution in [0.3, 0.4) is 0 Å². The fourth-order valence-electron chi connectivity index (χ4n) is 2.10. The summed E-state index contributed by atoms with van der Waals surface area (Å²) < 4.78 is 0. The summed E-state index contributed by atoms with van der Waals surface area (Å²) in [5, 5.41) is 0. The molecule has 0 radical (unpaired) electrons. The van der Waals surface area contributed by atoms with Gasteiger partial charge in [0, 0.05) is 23.9 Å². The van der Waals surface area contributed by atoms with Gasteiger partial charge in [-0.2, -0.15) is 0 Å². The SMILES string of the molecule is CN=C(N)c1ccccc1C(N=C(C)C=C(C)C)=C(C)C. The van der Waals surface area contributed by atoms with E-state index in [9.17, 15) is 0 Å². The number of hydrogen-bond donors (Lipinski definition) is 1. The molecule has 0 saturated carbocycles. The summed E-state index contributed by atoms with van der Waals surface area (Å²) in [5.41, 5.74) is 12.3. The summed E-state index contributed by atoms with van der Waals surface area (Å²) in [6, 6.07) is 7.98. The average molecular weight is 283 g/mol. The van der Waals surface area contributed by atoms with E-state index < -0.39 is 0 Å². The Labute approximate surface area is 128 Å². The summed E-state index contributed by atoms with van der Waals surface area (Å²) in [4.78, 5) is 8.87. The van der Waals surface area contributed by atoms with Gasteiger partial charge >= 0.3 is 0 Å². The molecule has 0 aromatic heterocycles. The van der Waals surface area contributed by atoms with Crippen LogP contribution in [-0.2, 0) is 0 Å². The maximum absolute atomic E-state index is 6.01. The van der Waals surface area contributed by atoms with Crippen LogP contribution in [0, 0.1) is 0 Å². The van der Waals surface area contributed by atoms with E-state index in [-0.39, 0.29) is 0 Å². The molecule has 1 aromatic carbocycles. The van der Waals surface area contributed by atoms with Gasteiger partial charge in [-0.15, -0.1) is 0 Å². The number of hydrogen-bond acceptors (Lipinski definition) is 2. The number of nitrogens with two attached hydrogens (primary N) is 1. The summed E-state index contributed by atoms with van der Waals surface area (Å²) >= 11 is 0. The van der Waals surface area contributed by atoms with Gasteiger partial charge in [-0.25, -0.2) is 0 Å². The van der Waals surface area contributed by atoms with Gasteiger partial charge in [0.1, 0.15) is 5.84 Å². The monoisotopic (exact) mass is 283 g/mol. The maximum Gasteiger partial charge on any atom is 0.126 e. The highest BCUT2D eigenvalue weighted by molar-refractivity contribution is 6.04. The van der Waals surface area contributed by atoms with Crippen LogP contribution in [0.25, 0.3) is 5.70 Å². The number of rotatable bonds is 4. The second kappa shape index (κ2) is 7.58. The van der Waals surface area contributed by atoms with Crippen LogP contribution in [-0.4, -0.2) is 18.6 Å². The molecule has 3 nitrogen and oxygen atoms in total. The topological polar surface area (TPSA) is 50.7 Å². The molecular formula is C18H25N3. The van der Waals surface area contributed by atoms with Crippen LogP contribution < -0.4 is 5.73 Å². The lowest BCUT2D eigenvalue weighted by Gasteiger charge is -2.12. The molecule has 0 aliphatic carbocycles. The molecule has 0 aliphatic rings. The van der Waals surface area contributed by atoms with Gasteiger partial charge in [0.05, 0.1) is 5.70 Å². The van der Waals surface area contributed by atoms with Gasteiger partial charge in [0.2, 0.25) is 0 Å². The third-order valence-corrected chi connectivity index (χ3v) is 2.96. The molecule has 0 spiro atoms. The molecule has 0 unspecified atom stereocenters. The minimum atomic E-state index is 0.527. The van der Waals surface area contributed by atoms with E-state index >= 15 is 0 Å². The van der Waals surface area contributed by atoms with Crippen molar-refractivity contribution < 1.29 is 0 Å². The van der Waals surface area contributed by atoms with E-state index in [0.29, 0.717) is 5.84 Å². The second-order valence-corrected chi connectivity index (χ2v) is 5.48. The van der Waals surface area contributed by atoms with Crippen LogP contribution in [0.4, 0.5) is 0 Å².